The Morgan fingerprint density at radius 1 is 1.07 bits per heavy atom. The van der Waals surface area contributed by atoms with Gasteiger partial charge in [0.15, 0.2) is 0 Å². The molecule has 1 fully saturated rings. The molecule has 0 aromatic heterocycles. The lowest BCUT2D eigenvalue weighted by molar-refractivity contribution is -0.129. The molecule has 2 rings (SSSR count). The van der Waals surface area contributed by atoms with Crippen LogP contribution in [0.3, 0.4) is 0 Å². The molecule has 1 aliphatic heterocycles. The van der Waals surface area contributed by atoms with E-state index in [1.54, 1.807) is 11.0 Å². The summed E-state index contributed by atoms with van der Waals surface area (Å²) >= 11 is 0. The fourth-order valence-corrected chi connectivity index (χ4v) is 4.35. The van der Waals surface area contributed by atoms with Gasteiger partial charge in [0.05, 0.1) is 17.0 Å². The largest absolute Gasteiger partial charge is 0.371 e. The molecule has 9 heteroatoms. The van der Waals surface area contributed by atoms with Gasteiger partial charge in [-0.05, 0) is 51.3 Å². The van der Waals surface area contributed by atoms with Gasteiger partial charge in [0.2, 0.25) is 15.9 Å². The molecule has 0 radical (unpaired) electrons. The summed E-state index contributed by atoms with van der Waals surface area (Å²) < 4.78 is 26.2. The number of sulfonamides is 1. The normalized spacial score (nSPS) is 14.7. The predicted octanol–water partition coefficient (Wildman–Crippen LogP) is 1.53. The van der Waals surface area contributed by atoms with Crippen molar-refractivity contribution in [1.29, 1.82) is 0 Å². The number of piperidine rings is 1. The Labute approximate surface area is 173 Å². The first-order chi connectivity index (χ1) is 13.7. The van der Waals surface area contributed by atoms with E-state index in [0.717, 1.165) is 36.7 Å². The molecule has 1 aliphatic rings. The maximum Gasteiger partial charge on any atom is 0.253 e. The molecule has 0 unspecified atom stereocenters. The van der Waals surface area contributed by atoms with Crippen LogP contribution in [-0.4, -0.2) is 76.3 Å². The van der Waals surface area contributed by atoms with Crippen molar-refractivity contribution in [1.82, 2.24) is 14.5 Å². The first-order valence-electron chi connectivity index (χ1n) is 10.1. The molecule has 0 saturated carbocycles. The topological polar surface area (TPSA) is 90.0 Å². The van der Waals surface area contributed by atoms with Crippen LogP contribution >= 0.6 is 0 Å². The molecule has 0 aliphatic carbocycles. The average Bonchev–Trinajstić information content (AvgIpc) is 2.72. The fraction of sp³-hybridized carbons (Fsp3) is 0.600. The molecule has 0 bridgehead atoms. The van der Waals surface area contributed by atoms with E-state index in [0.29, 0.717) is 18.8 Å². The summed E-state index contributed by atoms with van der Waals surface area (Å²) in [6, 6.07) is 4.65. The van der Waals surface area contributed by atoms with Crippen LogP contribution in [0.4, 0.5) is 5.69 Å². The molecule has 29 heavy (non-hydrogen) atoms. The second-order valence-electron chi connectivity index (χ2n) is 7.26. The molecule has 1 heterocycles. The highest BCUT2D eigenvalue weighted by atomic mass is 32.2. The lowest BCUT2D eigenvalue weighted by atomic mass is 10.1. The van der Waals surface area contributed by atoms with E-state index in [1.165, 1.54) is 26.2 Å². The summed E-state index contributed by atoms with van der Waals surface area (Å²) in [4.78, 5) is 29.0. The summed E-state index contributed by atoms with van der Waals surface area (Å²) in [5, 5.41) is 2.67. The Balaban J connectivity index is 2.34. The third-order valence-corrected chi connectivity index (χ3v) is 7.02. The van der Waals surface area contributed by atoms with Gasteiger partial charge < -0.3 is 15.1 Å². The number of benzene rings is 1. The van der Waals surface area contributed by atoms with Crippen molar-refractivity contribution < 1.29 is 18.0 Å². The van der Waals surface area contributed by atoms with E-state index in [4.69, 9.17) is 0 Å². The summed E-state index contributed by atoms with van der Waals surface area (Å²) in [6.07, 6.45) is 3.20. The Bertz CT molecular complexity index is 829. The first kappa shape index (κ1) is 23.2. The van der Waals surface area contributed by atoms with Crippen LogP contribution in [0, 0.1) is 0 Å². The third-order valence-electron chi connectivity index (χ3n) is 5.20. The average molecular weight is 425 g/mol. The van der Waals surface area contributed by atoms with Crippen LogP contribution < -0.4 is 10.2 Å². The number of nitrogens with one attached hydrogen (secondary N) is 1. The number of carbonyl (C=O) groups excluding carboxylic acids is 2. The quantitative estimate of drug-likeness (QED) is 0.683. The van der Waals surface area contributed by atoms with Crippen LogP contribution in [0.1, 0.15) is 43.5 Å². The number of likely N-dealkylation sites (N-methyl/N-ethyl adjacent to an activating group) is 1. The molecule has 1 saturated heterocycles. The zero-order valence-corrected chi connectivity index (χ0v) is 18.6. The highest BCUT2D eigenvalue weighted by Gasteiger charge is 2.24. The standard InChI is InChI=1S/C20H32N4O4S/c1-5-23(6-2)19(25)15-21-20(26)17-14-16(29(27,28)22(3)4)10-11-18(17)24-12-8-7-9-13-24/h10-11,14H,5-9,12-13,15H2,1-4H3,(H,21,26). The zero-order valence-electron chi connectivity index (χ0n) is 17.8. The number of rotatable bonds is 8. The van der Waals surface area contributed by atoms with Crippen LogP contribution in [-0.2, 0) is 14.8 Å². The highest BCUT2D eigenvalue weighted by molar-refractivity contribution is 7.89. The smallest absolute Gasteiger partial charge is 0.253 e. The molecule has 1 aromatic rings. The maximum atomic E-state index is 12.9. The van der Waals surface area contributed by atoms with Gasteiger partial charge in [0, 0.05) is 46.0 Å². The van der Waals surface area contributed by atoms with Gasteiger partial charge in [-0.3, -0.25) is 9.59 Å². The molecular formula is C20H32N4O4S. The molecule has 8 nitrogen and oxygen atoms in total. The van der Waals surface area contributed by atoms with Gasteiger partial charge in [-0.1, -0.05) is 0 Å². The van der Waals surface area contributed by atoms with E-state index in [2.05, 4.69) is 10.2 Å². The van der Waals surface area contributed by atoms with Gasteiger partial charge in [-0.2, -0.15) is 0 Å². The number of hydrogen-bond acceptors (Lipinski definition) is 5. The Kier molecular flexibility index (Phi) is 8.04. The van der Waals surface area contributed by atoms with Crippen LogP contribution in [0.2, 0.25) is 0 Å². The van der Waals surface area contributed by atoms with Crippen LogP contribution in [0.5, 0.6) is 0 Å². The Hall–Kier alpha value is -2.13. The van der Waals surface area contributed by atoms with Crippen molar-refractivity contribution in [3.05, 3.63) is 23.8 Å². The van der Waals surface area contributed by atoms with Crippen LogP contribution in [0.25, 0.3) is 0 Å². The molecule has 2 amide bonds. The second kappa shape index (κ2) is 10.1. The van der Waals surface area contributed by atoms with Crippen molar-refractivity contribution in [2.45, 2.75) is 38.0 Å². The second-order valence-corrected chi connectivity index (χ2v) is 9.41. The van der Waals surface area contributed by atoms with Crippen LogP contribution in [0.15, 0.2) is 23.1 Å². The van der Waals surface area contributed by atoms with E-state index >= 15 is 0 Å². The lowest BCUT2D eigenvalue weighted by Gasteiger charge is -2.30. The maximum absolute atomic E-state index is 12.9. The summed E-state index contributed by atoms with van der Waals surface area (Å²) in [5.41, 5.74) is 0.984. The minimum atomic E-state index is -3.67. The first-order valence-corrected chi connectivity index (χ1v) is 11.5. The minimum Gasteiger partial charge on any atom is -0.371 e. The SMILES string of the molecule is CCN(CC)C(=O)CNC(=O)c1cc(S(=O)(=O)N(C)C)ccc1N1CCCCC1. The van der Waals surface area contributed by atoms with Crippen molar-refractivity contribution in [2.24, 2.45) is 0 Å². The van der Waals surface area contributed by atoms with E-state index in [9.17, 15) is 18.0 Å². The van der Waals surface area contributed by atoms with Crippen molar-refractivity contribution >= 4 is 27.5 Å². The highest BCUT2D eigenvalue weighted by Crippen LogP contribution is 2.27. The Morgan fingerprint density at radius 3 is 2.24 bits per heavy atom. The molecule has 162 valence electrons. The van der Waals surface area contributed by atoms with Gasteiger partial charge in [-0.25, -0.2) is 12.7 Å². The minimum absolute atomic E-state index is 0.0588. The van der Waals surface area contributed by atoms with Crippen molar-refractivity contribution in [3.63, 3.8) is 0 Å². The molecule has 1 aromatic carbocycles. The number of amides is 2. The number of nitrogens with zero attached hydrogens (tertiary/aromatic N) is 3. The summed E-state index contributed by atoms with van der Waals surface area (Å²) in [6.45, 7) is 6.42. The summed E-state index contributed by atoms with van der Waals surface area (Å²) in [7, 11) is -0.764. The number of hydrogen-bond donors (Lipinski definition) is 1. The molecule has 1 N–H and O–H groups in total. The molecular weight excluding hydrogens is 392 g/mol. The molecule has 0 atom stereocenters. The summed E-state index contributed by atoms with van der Waals surface area (Å²) in [5.74, 6) is -0.609. The zero-order chi connectivity index (χ0) is 21.6. The van der Waals surface area contributed by atoms with E-state index in [1.807, 2.05) is 13.8 Å². The Morgan fingerprint density at radius 2 is 1.69 bits per heavy atom. The van der Waals surface area contributed by atoms with Crippen molar-refractivity contribution in [2.75, 3.05) is 51.7 Å². The fourth-order valence-electron chi connectivity index (χ4n) is 3.42. The van der Waals surface area contributed by atoms with Gasteiger partial charge in [0.1, 0.15) is 0 Å². The predicted molar refractivity (Wildman–Crippen MR) is 114 cm³/mol. The monoisotopic (exact) mass is 424 g/mol. The van der Waals surface area contributed by atoms with E-state index in [-0.39, 0.29) is 22.9 Å². The van der Waals surface area contributed by atoms with Crippen molar-refractivity contribution in [3.8, 4) is 0 Å². The molecule has 0 spiro atoms. The van der Waals surface area contributed by atoms with Gasteiger partial charge >= 0.3 is 0 Å². The lowest BCUT2D eigenvalue weighted by Crippen LogP contribution is -2.40. The van der Waals surface area contributed by atoms with Gasteiger partial charge in [0.25, 0.3) is 5.91 Å². The number of anilines is 1. The van der Waals surface area contributed by atoms with E-state index < -0.39 is 15.9 Å². The number of carbonyl (C=O) groups is 2. The third kappa shape index (κ3) is 5.48. The van der Waals surface area contributed by atoms with Gasteiger partial charge in [-0.15, -0.1) is 0 Å².